The van der Waals surface area contributed by atoms with Gasteiger partial charge in [-0.3, -0.25) is 9.78 Å². The van der Waals surface area contributed by atoms with Gasteiger partial charge in [0.25, 0.3) is 5.91 Å². The van der Waals surface area contributed by atoms with Crippen molar-refractivity contribution in [1.82, 2.24) is 10.3 Å². The molecule has 2 aromatic rings. The van der Waals surface area contributed by atoms with Crippen LogP contribution in [0, 0.1) is 23.7 Å². The van der Waals surface area contributed by atoms with Crippen LogP contribution in [0.1, 0.15) is 42.5 Å². The molecule has 0 atom stereocenters. The molecule has 3 nitrogen and oxygen atoms in total. The predicted molar refractivity (Wildman–Crippen MR) is 98.0 cm³/mol. The molecule has 128 valence electrons. The highest BCUT2D eigenvalue weighted by Gasteiger charge is 2.48. The summed E-state index contributed by atoms with van der Waals surface area (Å²) in [4.78, 5) is 17.1. The van der Waals surface area contributed by atoms with Gasteiger partial charge >= 0.3 is 0 Å². The van der Waals surface area contributed by atoms with E-state index in [1.807, 2.05) is 42.5 Å². The molecule has 3 heteroatoms. The number of nitrogens with one attached hydrogen (secondary N) is 1. The van der Waals surface area contributed by atoms with E-state index in [4.69, 9.17) is 0 Å². The van der Waals surface area contributed by atoms with Crippen molar-refractivity contribution in [3.63, 3.8) is 0 Å². The maximum atomic E-state index is 12.8. The van der Waals surface area contributed by atoms with E-state index in [0.29, 0.717) is 17.9 Å². The second-order valence-corrected chi connectivity index (χ2v) is 8.22. The minimum atomic E-state index is 0.0880. The van der Waals surface area contributed by atoms with Gasteiger partial charge in [-0.1, -0.05) is 18.2 Å². The highest BCUT2D eigenvalue weighted by molar-refractivity contribution is 5.94. The summed E-state index contributed by atoms with van der Waals surface area (Å²) < 4.78 is 0. The number of carbonyl (C=O) groups excluding carboxylic acids is 1. The lowest BCUT2D eigenvalue weighted by Crippen LogP contribution is -2.55. The fraction of sp³-hybridized carbons (Fsp3) is 0.455. The van der Waals surface area contributed by atoms with E-state index in [1.54, 1.807) is 6.20 Å². The molecule has 0 saturated heterocycles. The monoisotopic (exact) mass is 332 g/mol. The molecular weight excluding hydrogens is 308 g/mol. The van der Waals surface area contributed by atoms with E-state index < -0.39 is 0 Å². The zero-order chi connectivity index (χ0) is 16.8. The number of hydrogen-bond donors (Lipinski definition) is 1. The molecule has 25 heavy (non-hydrogen) atoms. The summed E-state index contributed by atoms with van der Waals surface area (Å²) in [7, 11) is 0. The first-order chi connectivity index (χ1) is 12.3. The number of carbonyl (C=O) groups is 1. The first kappa shape index (κ1) is 15.1. The molecule has 1 aromatic carbocycles. The molecule has 0 aliphatic heterocycles. The molecule has 0 spiro atoms. The summed E-state index contributed by atoms with van der Waals surface area (Å²) in [5.41, 5.74) is 2.75. The summed E-state index contributed by atoms with van der Waals surface area (Å²) in [6.07, 6.45) is 8.56. The molecule has 1 heterocycles. The quantitative estimate of drug-likeness (QED) is 0.910. The van der Waals surface area contributed by atoms with Crippen molar-refractivity contribution < 1.29 is 4.79 Å². The number of pyridine rings is 1. The van der Waals surface area contributed by atoms with Crippen LogP contribution in [0.25, 0.3) is 11.3 Å². The molecule has 1 amide bonds. The molecule has 4 aliphatic rings. The van der Waals surface area contributed by atoms with Gasteiger partial charge < -0.3 is 5.32 Å². The number of amides is 1. The van der Waals surface area contributed by atoms with E-state index in [2.05, 4.69) is 10.3 Å². The van der Waals surface area contributed by atoms with Crippen LogP contribution in [0.2, 0.25) is 0 Å². The Morgan fingerprint density at radius 3 is 2.16 bits per heavy atom. The molecule has 4 aliphatic carbocycles. The SMILES string of the molecule is O=C(NC1C2CC3CC(C2)CC1C3)c1ccc(-c2ccccn2)cc1. The Kier molecular flexibility index (Phi) is 3.61. The molecule has 0 unspecified atom stereocenters. The van der Waals surface area contributed by atoms with E-state index in [0.717, 1.165) is 28.7 Å². The van der Waals surface area contributed by atoms with Gasteiger partial charge in [-0.05, 0) is 80.0 Å². The largest absolute Gasteiger partial charge is 0.349 e. The van der Waals surface area contributed by atoms with Gasteiger partial charge in [0.15, 0.2) is 0 Å². The first-order valence-electron chi connectivity index (χ1n) is 9.58. The van der Waals surface area contributed by atoms with Gasteiger partial charge in [0.1, 0.15) is 0 Å². The maximum absolute atomic E-state index is 12.8. The fourth-order valence-electron chi connectivity index (χ4n) is 5.72. The minimum Gasteiger partial charge on any atom is -0.349 e. The number of benzene rings is 1. The molecule has 0 radical (unpaired) electrons. The summed E-state index contributed by atoms with van der Waals surface area (Å²) in [6.45, 7) is 0. The Balaban J connectivity index is 1.30. The van der Waals surface area contributed by atoms with Gasteiger partial charge in [-0.25, -0.2) is 0 Å². The maximum Gasteiger partial charge on any atom is 0.251 e. The van der Waals surface area contributed by atoms with Gasteiger partial charge in [0.2, 0.25) is 0 Å². The average Bonchev–Trinajstić information content (AvgIpc) is 2.65. The Morgan fingerprint density at radius 1 is 0.880 bits per heavy atom. The molecule has 4 saturated carbocycles. The van der Waals surface area contributed by atoms with Gasteiger partial charge in [0.05, 0.1) is 5.69 Å². The van der Waals surface area contributed by atoms with Crippen molar-refractivity contribution in [3.05, 3.63) is 54.2 Å². The Bertz CT molecular complexity index is 740. The molecule has 4 bridgehead atoms. The molecule has 4 fully saturated rings. The van der Waals surface area contributed by atoms with Gasteiger partial charge in [-0.2, -0.15) is 0 Å². The first-order valence-corrected chi connectivity index (χ1v) is 9.58. The summed E-state index contributed by atoms with van der Waals surface area (Å²) in [5.74, 6) is 3.40. The Hall–Kier alpha value is -2.16. The van der Waals surface area contributed by atoms with Crippen LogP contribution >= 0.6 is 0 Å². The lowest BCUT2D eigenvalue weighted by Gasteiger charge is -2.54. The second kappa shape index (κ2) is 5.98. The number of aromatic nitrogens is 1. The predicted octanol–water partition coefficient (Wildman–Crippen LogP) is 4.30. The van der Waals surface area contributed by atoms with Crippen LogP contribution in [0.5, 0.6) is 0 Å². The third-order valence-electron chi connectivity index (χ3n) is 6.63. The molecule has 1 N–H and O–H groups in total. The highest BCUT2D eigenvalue weighted by Crippen LogP contribution is 2.53. The van der Waals surface area contributed by atoms with Crippen LogP contribution in [0.4, 0.5) is 0 Å². The fourth-order valence-corrected chi connectivity index (χ4v) is 5.72. The number of rotatable bonds is 3. The van der Waals surface area contributed by atoms with E-state index in [9.17, 15) is 4.79 Å². The number of hydrogen-bond acceptors (Lipinski definition) is 2. The summed E-state index contributed by atoms with van der Waals surface area (Å²) >= 11 is 0. The van der Waals surface area contributed by atoms with E-state index >= 15 is 0 Å². The molecule has 1 aromatic heterocycles. The van der Waals surface area contributed by atoms with Crippen LogP contribution in [-0.4, -0.2) is 16.9 Å². The van der Waals surface area contributed by atoms with Crippen LogP contribution in [0.3, 0.4) is 0 Å². The third-order valence-corrected chi connectivity index (χ3v) is 6.63. The number of nitrogens with zero attached hydrogens (tertiary/aromatic N) is 1. The van der Waals surface area contributed by atoms with Crippen molar-refractivity contribution in [2.45, 2.75) is 38.1 Å². The van der Waals surface area contributed by atoms with Crippen molar-refractivity contribution in [3.8, 4) is 11.3 Å². The van der Waals surface area contributed by atoms with E-state index in [-0.39, 0.29) is 5.91 Å². The van der Waals surface area contributed by atoms with Crippen LogP contribution < -0.4 is 5.32 Å². The smallest absolute Gasteiger partial charge is 0.251 e. The van der Waals surface area contributed by atoms with E-state index in [1.165, 1.54) is 32.1 Å². The van der Waals surface area contributed by atoms with Crippen molar-refractivity contribution in [2.24, 2.45) is 23.7 Å². The highest BCUT2D eigenvalue weighted by atomic mass is 16.1. The average molecular weight is 332 g/mol. The zero-order valence-electron chi connectivity index (χ0n) is 14.4. The lowest BCUT2D eigenvalue weighted by atomic mass is 9.54. The van der Waals surface area contributed by atoms with Gasteiger partial charge in [-0.15, -0.1) is 0 Å². The third kappa shape index (κ3) is 2.76. The summed E-state index contributed by atoms with van der Waals surface area (Å²) in [5, 5.41) is 3.38. The zero-order valence-corrected chi connectivity index (χ0v) is 14.4. The Morgan fingerprint density at radius 2 is 1.56 bits per heavy atom. The van der Waals surface area contributed by atoms with Crippen LogP contribution in [0.15, 0.2) is 48.7 Å². The molecular formula is C22H24N2O. The standard InChI is InChI=1S/C22H24N2O/c25-22(17-6-4-16(5-7-17)20-3-1-2-8-23-20)24-21-18-10-14-9-15(12-18)13-19(21)11-14/h1-8,14-15,18-19,21H,9-13H2,(H,24,25). The molecule has 6 rings (SSSR count). The summed E-state index contributed by atoms with van der Waals surface area (Å²) in [6, 6.07) is 14.1. The lowest BCUT2D eigenvalue weighted by molar-refractivity contribution is -0.0119. The Labute approximate surface area is 148 Å². The van der Waals surface area contributed by atoms with Crippen molar-refractivity contribution in [1.29, 1.82) is 0 Å². The normalized spacial score (nSPS) is 32.6. The topological polar surface area (TPSA) is 42.0 Å². The van der Waals surface area contributed by atoms with Crippen molar-refractivity contribution >= 4 is 5.91 Å². The van der Waals surface area contributed by atoms with Crippen LogP contribution in [-0.2, 0) is 0 Å². The van der Waals surface area contributed by atoms with Gasteiger partial charge in [0, 0.05) is 23.4 Å². The second-order valence-electron chi connectivity index (χ2n) is 8.22. The van der Waals surface area contributed by atoms with Crippen molar-refractivity contribution in [2.75, 3.05) is 0 Å². The minimum absolute atomic E-state index is 0.0880.